The number of ether oxygens (including phenoxy) is 1. The third kappa shape index (κ3) is 5.90. The molecular formula is C27H38N4O. The first-order chi connectivity index (χ1) is 15.8. The quantitative estimate of drug-likeness (QED) is 0.490. The fourth-order valence-corrected chi connectivity index (χ4v) is 5.17. The number of guanidine groups is 1. The summed E-state index contributed by atoms with van der Waals surface area (Å²) >= 11 is 0. The van der Waals surface area contributed by atoms with E-state index in [0.29, 0.717) is 5.92 Å². The molecule has 0 amide bonds. The molecule has 0 bridgehead atoms. The lowest BCUT2D eigenvalue weighted by Gasteiger charge is -2.45. The number of hydrogen-bond donors (Lipinski definition) is 2. The van der Waals surface area contributed by atoms with Crippen molar-refractivity contribution in [2.45, 2.75) is 43.6 Å². The van der Waals surface area contributed by atoms with Crippen LogP contribution in [0.4, 0.5) is 0 Å². The molecule has 1 unspecified atom stereocenters. The molecule has 5 heteroatoms. The molecular weight excluding hydrogens is 396 g/mol. The zero-order valence-electron chi connectivity index (χ0n) is 19.4. The summed E-state index contributed by atoms with van der Waals surface area (Å²) in [6, 6.07) is 21.6. The summed E-state index contributed by atoms with van der Waals surface area (Å²) in [5, 5.41) is 7.29. The van der Waals surface area contributed by atoms with Crippen molar-refractivity contribution in [1.82, 2.24) is 15.5 Å². The van der Waals surface area contributed by atoms with Crippen LogP contribution in [0, 0.1) is 0 Å². The van der Waals surface area contributed by atoms with Crippen LogP contribution < -0.4 is 10.6 Å². The van der Waals surface area contributed by atoms with Gasteiger partial charge in [-0.2, -0.15) is 0 Å². The molecule has 32 heavy (non-hydrogen) atoms. The van der Waals surface area contributed by atoms with Gasteiger partial charge in [0.2, 0.25) is 0 Å². The Morgan fingerprint density at radius 1 is 0.969 bits per heavy atom. The Hall–Kier alpha value is -2.37. The summed E-state index contributed by atoms with van der Waals surface area (Å²) in [5.41, 5.74) is 2.91. The van der Waals surface area contributed by atoms with Gasteiger partial charge in [0.15, 0.2) is 5.96 Å². The number of rotatable bonds is 8. The van der Waals surface area contributed by atoms with E-state index in [1.165, 1.54) is 37.1 Å². The summed E-state index contributed by atoms with van der Waals surface area (Å²) in [6.45, 7) is 5.90. The molecule has 172 valence electrons. The van der Waals surface area contributed by atoms with E-state index in [9.17, 15) is 0 Å². The molecule has 2 aromatic carbocycles. The highest BCUT2D eigenvalue weighted by Gasteiger charge is 2.39. The van der Waals surface area contributed by atoms with Gasteiger partial charge >= 0.3 is 0 Å². The van der Waals surface area contributed by atoms with Crippen LogP contribution in [0.25, 0.3) is 0 Å². The first-order valence-electron chi connectivity index (χ1n) is 12.2. The summed E-state index contributed by atoms with van der Waals surface area (Å²) in [7, 11) is 1.87. The Balaban J connectivity index is 1.39. The number of nitrogens with zero attached hydrogens (tertiary/aromatic N) is 2. The zero-order chi connectivity index (χ0) is 22.1. The standard InChI is InChI=1S/C27H38N4O/c1-28-26(30-22-27(14-18-32-19-15-27)31-16-8-9-17-31)29-21-25(24-12-6-3-7-13-24)20-23-10-4-2-5-11-23/h2-7,10-13,25H,8-9,14-22H2,1H3,(H2,28,29,30). The van der Waals surface area contributed by atoms with E-state index in [1.807, 2.05) is 7.05 Å². The second kappa shape index (κ2) is 11.5. The molecule has 4 rings (SSSR count). The minimum absolute atomic E-state index is 0.190. The second-order valence-corrected chi connectivity index (χ2v) is 9.13. The minimum Gasteiger partial charge on any atom is -0.381 e. The molecule has 0 aromatic heterocycles. The molecule has 2 aliphatic heterocycles. The average molecular weight is 435 g/mol. The summed E-state index contributed by atoms with van der Waals surface area (Å²) in [6.07, 6.45) is 5.82. The smallest absolute Gasteiger partial charge is 0.191 e. The summed E-state index contributed by atoms with van der Waals surface area (Å²) < 4.78 is 5.70. The normalized spacial score (nSPS) is 20.1. The van der Waals surface area contributed by atoms with Crippen molar-refractivity contribution in [2.24, 2.45) is 4.99 Å². The van der Waals surface area contributed by atoms with Gasteiger partial charge in [0.05, 0.1) is 0 Å². The van der Waals surface area contributed by atoms with Gasteiger partial charge in [-0.25, -0.2) is 0 Å². The zero-order valence-corrected chi connectivity index (χ0v) is 19.4. The molecule has 0 spiro atoms. The van der Waals surface area contributed by atoms with Crippen molar-refractivity contribution in [1.29, 1.82) is 0 Å². The Morgan fingerprint density at radius 3 is 2.28 bits per heavy atom. The minimum atomic E-state index is 0.190. The van der Waals surface area contributed by atoms with Crippen LogP contribution in [0.1, 0.15) is 42.7 Å². The van der Waals surface area contributed by atoms with Crippen LogP contribution in [0.2, 0.25) is 0 Å². The van der Waals surface area contributed by atoms with Gasteiger partial charge < -0.3 is 15.4 Å². The Bertz CT molecular complexity index is 827. The Labute approximate surface area is 193 Å². The molecule has 2 fully saturated rings. The molecule has 1 atom stereocenters. The second-order valence-electron chi connectivity index (χ2n) is 9.13. The number of aliphatic imine (C=N–C) groups is 1. The predicted octanol–water partition coefficient (Wildman–Crippen LogP) is 3.82. The van der Waals surface area contributed by atoms with Crippen LogP contribution >= 0.6 is 0 Å². The van der Waals surface area contributed by atoms with Gasteiger partial charge in [0, 0.05) is 44.8 Å². The lowest BCUT2D eigenvalue weighted by Crippen LogP contribution is -2.58. The van der Waals surface area contributed by atoms with E-state index in [0.717, 1.165) is 51.5 Å². The fraction of sp³-hybridized carbons (Fsp3) is 0.519. The van der Waals surface area contributed by atoms with Gasteiger partial charge in [0.1, 0.15) is 0 Å². The van der Waals surface area contributed by atoms with E-state index >= 15 is 0 Å². The molecule has 0 radical (unpaired) electrons. The largest absolute Gasteiger partial charge is 0.381 e. The van der Waals surface area contributed by atoms with Crippen LogP contribution in [0.3, 0.4) is 0 Å². The van der Waals surface area contributed by atoms with Crippen molar-refractivity contribution < 1.29 is 4.74 Å². The van der Waals surface area contributed by atoms with Crippen LogP contribution in [0.5, 0.6) is 0 Å². The topological polar surface area (TPSA) is 48.9 Å². The predicted molar refractivity (Wildman–Crippen MR) is 132 cm³/mol. The van der Waals surface area contributed by atoms with Gasteiger partial charge in [-0.05, 0) is 56.3 Å². The molecule has 2 saturated heterocycles. The maximum atomic E-state index is 5.70. The number of benzene rings is 2. The van der Waals surface area contributed by atoms with E-state index < -0.39 is 0 Å². The van der Waals surface area contributed by atoms with Crippen LogP contribution in [0.15, 0.2) is 65.7 Å². The molecule has 2 heterocycles. The van der Waals surface area contributed by atoms with Gasteiger partial charge in [-0.1, -0.05) is 60.7 Å². The first-order valence-corrected chi connectivity index (χ1v) is 12.2. The number of likely N-dealkylation sites (tertiary alicyclic amines) is 1. The number of hydrogen-bond acceptors (Lipinski definition) is 3. The number of nitrogens with one attached hydrogen (secondary N) is 2. The van der Waals surface area contributed by atoms with Crippen molar-refractivity contribution >= 4 is 5.96 Å². The molecule has 0 aliphatic carbocycles. The van der Waals surface area contributed by atoms with Crippen molar-refractivity contribution in [3.05, 3.63) is 71.8 Å². The van der Waals surface area contributed by atoms with Gasteiger partial charge in [0.25, 0.3) is 0 Å². The highest BCUT2D eigenvalue weighted by Crippen LogP contribution is 2.30. The highest BCUT2D eigenvalue weighted by atomic mass is 16.5. The van der Waals surface area contributed by atoms with Crippen molar-refractivity contribution in [3.63, 3.8) is 0 Å². The van der Waals surface area contributed by atoms with E-state index in [1.54, 1.807) is 0 Å². The average Bonchev–Trinajstić information content (AvgIpc) is 3.41. The fourth-order valence-electron chi connectivity index (χ4n) is 5.17. The van der Waals surface area contributed by atoms with Crippen molar-refractivity contribution in [2.75, 3.05) is 46.4 Å². The Kier molecular flexibility index (Phi) is 8.18. The molecule has 5 nitrogen and oxygen atoms in total. The maximum Gasteiger partial charge on any atom is 0.191 e. The van der Waals surface area contributed by atoms with E-state index in [4.69, 9.17) is 4.74 Å². The third-order valence-corrected chi connectivity index (χ3v) is 7.12. The van der Waals surface area contributed by atoms with Crippen molar-refractivity contribution in [3.8, 4) is 0 Å². The molecule has 2 aliphatic rings. The van der Waals surface area contributed by atoms with Gasteiger partial charge in [-0.15, -0.1) is 0 Å². The molecule has 2 aromatic rings. The van der Waals surface area contributed by atoms with Crippen LogP contribution in [-0.4, -0.2) is 62.8 Å². The van der Waals surface area contributed by atoms with E-state index in [2.05, 4.69) is 81.2 Å². The lowest BCUT2D eigenvalue weighted by molar-refractivity contribution is -0.0164. The third-order valence-electron chi connectivity index (χ3n) is 7.12. The monoisotopic (exact) mass is 434 g/mol. The summed E-state index contributed by atoms with van der Waals surface area (Å²) in [5.74, 6) is 1.27. The molecule has 0 saturated carbocycles. The van der Waals surface area contributed by atoms with Gasteiger partial charge in [-0.3, -0.25) is 9.89 Å². The SMILES string of the molecule is CN=C(NCC(Cc1ccccc1)c1ccccc1)NCC1(N2CCCC2)CCOCC1. The maximum absolute atomic E-state index is 5.70. The van der Waals surface area contributed by atoms with Crippen LogP contribution in [-0.2, 0) is 11.2 Å². The Morgan fingerprint density at radius 2 is 1.62 bits per heavy atom. The molecule has 2 N–H and O–H groups in total. The summed E-state index contributed by atoms with van der Waals surface area (Å²) in [4.78, 5) is 7.24. The van der Waals surface area contributed by atoms with E-state index in [-0.39, 0.29) is 5.54 Å². The first kappa shape index (κ1) is 22.8. The lowest BCUT2D eigenvalue weighted by atomic mass is 9.88. The highest BCUT2D eigenvalue weighted by molar-refractivity contribution is 5.79.